The van der Waals surface area contributed by atoms with E-state index in [-0.39, 0.29) is 17.4 Å². The molecule has 9 rings (SSSR count). The number of fused-ring (bicyclic) bond motifs is 6. The van der Waals surface area contributed by atoms with Gasteiger partial charge in [-0.2, -0.15) is 0 Å². The third-order valence-electron chi connectivity index (χ3n) is 8.45. The molecule has 46 heavy (non-hydrogen) atoms. The second kappa shape index (κ2) is 12.4. The van der Waals surface area contributed by atoms with Crippen molar-refractivity contribution in [3.05, 3.63) is 142 Å². The predicted octanol–water partition coefficient (Wildman–Crippen LogP) is 8.18. The lowest BCUT2D eigenvalue weighted by Gasteiger charge is -2.26. The Balaban J connectivity index is 0.000000140. The van der Waals surface area contributed by atoms with Gasteiger partial charge in [0.25, 0.3) is 0 Å². The van der Waals surface area contributed by atoms with Gasteiger partial charge >= 0.3 is 0 Å². The van der Waals surface area contributed by atoms with Gasteiger partial charge in [-0.3, -0.25) is 0 Å². The maximum absolute atomic E-state index is 5.81. The van der Waals surface area contributed by atoms with E-state index in [0.717, 1.165) is 49.3 Å². The standard InChI is InChI=1S/C20H15ClN4O.C16H13BrN2O/c21-20-22-9-15(10-23-20)14-6-7-16-17(8-14)25-18(11-26-12-19(25)24-16)13-4-2-1-3-5-13;17-12-6-7-13-14(8-12)19-15(9-20-10-16(19)18-13)11-4-2-1-3-5-11/h1-10,18H,11-12H2;1-8,15H,9-10H2/t18-;15-/m11/s1. The summed E-state index contributed by atoms with van der Waals surface area (Å²) < 4.78 is 17.2. The van der Waals surface area contributed by atoms with Crippen LogP contribution in [0.25, 0.3) is 33.2 Å². The number of imidazole rings is 2. The second-order valence-corrected chi connectivity index (χ2v) is 12.5. The molecule has 0 fully saturated rings. The molecule has 7 aromatic rings. The van der Waals surface area contributed by atoms with Gasteiger partial charge in [-0.05, 0) is 58.6 Å². The van der Waals surface area contributed by atoms with Gasteiger partial charge in [0, 0.05) is 22.4 Å². The molecule has 2 aliphatic heterocycles. The average molecular weight is 692 g/mol. The van der Waals surface area contributed by atoms with E-state index in [1.807, 2.05) is 36.4 Å². The Morgan fingerprint density at radius 2 is 1.15 bits per heavy atom. The minimum atomic E-state index is 0.113. The van der Waals surface area contributed by atoms with E-state index < -0.39 is 0 Å². The molecule has 4 aromatic carbocycles. The van der Waals surface area contributed by atoms with Gasteiger partial charge in [0.2, 0.25) is 5.28 Å². The lowest BCUT2D eigenvalue weighted by atomic mass is 10.1. The van der Waals surface area contributed by atoms with Crippen LogP contribution < -0.4 is 0 Å². The molecule has 0 aliphatic carbocycles. The highest BCUT2D eigenvalue weighted by atomic mass is 79.9. The van der Waals surface area contributed by atoms with Gasteiger partial charge in [-0.1, -0.05) is 82.7 Å². The highest BCUT2D eigenvalue weighted by Crippen LogP contribution is 2.34. The number of benzene rings is 4. The molecule has 0 unspecified atom stereocenters. The molecule has 0 N–H and O–H groups in total. The number of halogens is 2. The van der Waals surface area contributed by atoms with Crippen molar-refractivity contribution in [1.29, 1.82) is 0 Å². The first kappa shape index (κ1) is 29.0. The fraction of sp³-hybridized carbons (Fsp3) is 0.167. The van der Waals surface area contributed by atoms with E-state index in [4.69, 9.17) is 26.1 Å². The van der Waals surface area contributed by atoms with Gasteiger partial charge in [0.05, 0.1) is 47.4 Å². The zero-order valence-corrected chi connectivity index (χ0v) is 27.0. The van der Waals surface area contributed by atoms with Crippen molar-refractivity contribution in [2.75, 3.05) is 13.2 Å². The Kier molecular flexibility index (Phi) is 7.83. The maximum atomic E-state index is 5.81. The minimum Gasteiger partial charge on any atom is -0.371 e. The molecule has 5 heterocycles. The number of ether oxygens (including phenoxy) is 2. The normalized spacial score (nSPS) is 17.3. The van der Waals surface area contributed by atoms with Crippen LogP contribution in [0.4, 0.5) is 0 Å². The van der Waals surface area contributed by atoms with Gasteiger partial charge in [-0.25, -0.2) is 19.9 Å². The molecule has 8 nitrogen and oxygen atoms in total. The second-order valence-electron chi connectivity index (χ2n) is 11.3. The SMILES string of the molecule is Brc1ccc2nc3n(c2c1)[C@@H](c1ccccc1)COC3.Clc1ncc(-c2ccc3nc4n(c3c2)[C@@H](c2ccccc2)COC4)cn1. The maximum Gasteiger partial charge on any atom is 0.222 e. The zero-order valence-electron chi connectivity index (χ0n) is 24.6. The summed E-state index contributed by atoms with van der Waals surface area (Å²) in [6.45, 7) is 2.43. The largest absolute Gasteiger partial charge is 0.371 e. The summed E-state index contributed by atoms with van der Waals surface area (Å²) >= 11 is 9.36. The molecule has 10 heteroatoms. The molecule has 0 saturated heterocycles. The average Bonchev–Trinajstić information content (AvgIpc) is 3.67. The van der Waals surface area contributed by atoms with Gasteiger partial charge in [0.1, 0.15) is 24.9 Å². The van der Waals surface area contributed by atoms with Gasteiger partial charge < -0.3 is 18.6 Å². The van der Waals surface area contributed by atoms with Crippen LogP contribution >= 0.6 is 27.5 Å². The van der Waals surface area contributed by atoms with E-state index >= 15 is 0 Å². The Morgan fingerprint density at radius 3 is 1.72 bits per heavy atom. The zero-order chi connectivity index (χ0) is 31.0. The first-order chi connectivity index (χ1) is 22.6. The van der Waals surface area contributed by atoms with E-state index in [1.165, 1.54) is 11.1 Å². The van der Waals surface area contributed by atoms with Crippen molar-refractivity contribution in [2.24, 2.45) is 0 Å². The first-order valence-corrected chi connectivity index (χ1v) is 16.2. The molecule has 3 aromatic heterocycles. The quantitative estimate of drug-likeness (QED) is 0.174. The van der Waals surface area contributed by atoms with Crippen LogP contribution in [0.3, 0.4) is 0 Å². The highest BCUT2D eigenvalue weighted by Gasteiger charge is 2.26. The Morgan fingerprint density at radius 1 is 0.630 bits per heavy atom. The van der Waals surface area contributed by atoms with Crippen LogP contribution in [-0.4, -0.2) is 42.3 Å². The number of aromatic nitrogens is 6. The topological polar surface area (TPSA) is 79.9 Å². The molecule has 0 radical (unpaired) electrons. The van der Waals surface area contributed by atoms with Gasteiger partial charge in [0.15, 0.2) is 0 Å². The van der Waals surface area contributed by atoms with Crippen LogP contribution in [0.5, 0.6) is 0 Å². The number of rotatable bonds is 3. The van der Waals surface area contributed by atoms with Crippen LogP contribution in [-0.2, 0) is 22.7 Å². The van der Waals surface area contributed by atoms with E-state index in [1.54, 1.807) is 12.4 Å². The number of nitrogens with zero attached hydrogens (tertiary/aromatic N) is 6. The van der Waals surface area contributed by atoms with Crippen LogP contribution in [0.1, 0.15) is 34.9 Å². The fourth-order valence-electron chi connectivity index (χ4n) is 6.31. The molecular weight excluding hydrogens is 664 g/mol. The smallest absolute Gasteiger partial charge is 0.222 e. The summed E-state index contributed by atoms with van der Waals surface area (Å²) in [5.41, 5.74) is 8.67. The van der Waals surface area contributed by atoms with Crippen molar-refractivity contribution in [1.82, 2.24) is 29.1 Å². The summed E-state index contributed by atoms with van der Waals surface area (Å²) in [4.78, 5) is 17.6. The molecule has 228 valence electrons. The Bertz CT molecular complexity index is 2150. The molecule has 2 aliphatic rings. The van der Waals surface area contributed by atoms with Gasteiger partial charge in [-0.15, -0.1) is 0 Å². The summed E-state index contributed by atoms with van der Waals surface area (Å²) in [7, 11) is 0. The summed E-state index contributed by atoms with van der Waals surface area (Å²) in [5.74, 6) is 1.95. The van der Waals surface area contributed by atoms with E-state index in [2.05, 4.69) is 101 Å². The van der Waals surface area contributed by atoms with E-state index in [9.17, 15) is 0 Å². The molecule has 0 amide bonds. The van der Waals surface area contributed by atoms with Crippen molar-refractivity contribution in [3.63, 3.8) is 0 Å². The fourth-order valence-corrected chi connectivity index (χ4v) is 6.76. The van der Waals surface area contributed by atoms with Crippen molar-refractivity contribution >= 4 is 49.6 Å². The molecule has 0 bridgehead atoms. The summed E-state index contributed by atoms with van der Waals surface area (Å²) in [6, 6.07) is 33.6. The van der Waals surface area contributed by atoms with E-state index in [0.29, 0.717) is 26.4 Å². The molecule has 0 spiro atoms. The lowest BCUT2D eigenvalue weighted by Crippen LogP contribution is -2.24. The predicted molar refractivity (Wildman–Crippen MR) is 182 cm³/mol. The molecular formula is C36H28BrClN6O2. The molecule has 0 saturated carbocycles. The third-order valence-corrected chi connectivity index (χ3v) is 9.14. The van der Waals surface area contributed by atoms with Crippen molar-refractivity contribution in [2.45, 2.75) is 25.3 Å². The first-order valence-electron chi connectivity index (χ1n) is 15.0. The summed E-state index contributed by atoms with van der Waals surface area (Å²) in [5, 5.41) is 0.248. The van der Waals surface area contributed by atoms with Crippen LogP contribution in [0, 0.1) is 0 Å². The van der Waals surface area contributed by atoms with Crippen molar-refractivity contribution in [3.8, 4) is 11.1 Å². The van der Waals surface area contributed by atoms with Crippen LogP contribution in [0.2, 0.25) is 5.28 Å². The third kappa shape index (κ3) is 5.49. The molecule has 2 atom stereocenters. The Labute approximate surface area is 278 Å². The number of hydrogen-bond acceptors (Lipinski definition) is 6. The van der Waals surface area contributed by atoms with Crippen molar-refractivity contribution < 1.29 is 9.47 Å². The summed E-state index contributed by atoms with van der Waals surface area (Å²) in [6.07, 6.45) is 3.48. The van der Waals surface area contributed by atoms with Crippen LogP contribution in [0.15, 0.2) is 114 Å². The minimum absolute atomic E-state index is 0.113. The number of hydrogen-bond donors (Lipinski definition) is 0. The lowest BCUT2D eigenvalue weighted by molar-refractivity contribution is 0.0679. The monoisotopic (exact) mass is 690 g/mol. The highest BCUT2D eigenvalue weighted by molar-refractivity contribution is 9.10. The Hall–Kier alpha value is -4.41.